The molecule has 0 atom stereocenters. The Morgan fingerprint density at radius 1 is 1.24 bits per heavy atom. The zero-order valence-electron chi connectivity index (χ0n) is 13.7. The van der Waals surface area contributed by atoms with Crippen molar-refractivity contribution in [2.75, 3.05) is 19.0 Å². The highest BCUT2D eigenvalue weighted by atomic mass is 16.5. The molecule has 8 heteroatoms. The Balaban J connectivity index is 1.73. The summed E-state index contributed by atoms with van der Waals surface area (Å²) in [5.74, 6) is 1.39. The maximum absolute atomic E-state index is 9.00. The molecule has 4 N–H and O–H groups in total. The molecular weight excluding hydrogens is 320 g/mol. The van der Waals surface area contributed by atoms with Crippen molar-refractivity contribution in [1.82, 2.24) is 25.1 Å². The van der Waals surface area contributed by atoms with Gasteiger partial charge in [-0.15, -0.1) is 0 Å². The lowest BCUT2D eigenvalue weighted by atomic mass is 10.2. The van der Waals surface area contributed by atoms with Gasteiger partial charge in [0.15, 0.2) is 0 Å². The summed E-state index contributed by atoms with van der Waals surface area (Å²) >= 11 is 0. The molecule has 1 aromatic carbocycles. The first kappa shape index (κ1) is 15.4. The maximum atomic E-state index is 9.00. The Morgan fingerprint density at radius 3 is 3.00 bits per heavy atom. The maximum Gasteiger partial charge on any atom is 0.144 e. The van der Waals surface area contributed by atoms with Crippen LogP contribution in [0.25, 0.3) is 21.9 Å². The van der Waals surface area contributed by atoms with Crippen LogP contribution in [0, 0.1) is 0 Å². The Hall–Kier alpha value is -3.13. The topological polar surface area (TPSA) is 112 Å². The van der Waals surface area contributed by atoms with Gasteiger partial charge in [-0.3, -0.25) is 5.10 Å². The molecule has 0 aliphatic carbocycles. The van der Waals surface area contributed by atoms with Crippen molar-refractivity contribution >= 4 is 33.4 Å². The molecule has 0 bridgehead atoms. The first-order valence-corrected chi connectivity index (χ1v) is 8.00. The number of methoxy groups -OCH3 is 1. The zero-order chi connectivity index (χ0) is 17.2. The second-order valence-electron chi connectivity index (χ2n) is 5.74. The van der Waals surface area contributed by atoms with Crippen molar-refractivity contribution in [2.45, 2.75) is 12.8 Å². The van der Waals surface area contributed by atoms with Crippen molar-refractivity contribution in [3.05, 3.63) is 36.4 Å². The molecule has 0 amide bonds. The molecular formula is C17H18N6O2. The normalized spacial score (nSPS) is 11.3. The van der Waals surface area contributed by atoms with E-state index in [4.69, 9.17) is 9.84 Å². The minimum atomic E-state index is 0.161. The van der Waals surface area contributed by atoms with E-state index in [1.807, 2.05) is 18.2 Å². The number of hydrogen-bond acceptors (Lipinski definition) is 6. The number of benzene rings is 1. The fraction of sp³-hybridized carbons (Fsp3) is 0.235. The molecule has 128 valence electrons. The summed E-state index contributed by atoms with van der Waals surface area (Å²) in [5.41, 5.74) is 3.48. The molecule has 0 spiro atoms. The van der Waals surface area contributed by atoms with Crippen LogP contribution >= 0.6 is 0 Å². The summed E-state index contributed by atoms with van der Waals surface area (Å²) in [6, 6.07) is 5.87. The van der Waals surface area contributed by atoms with Gasteiger partial charge in [0.2, 0.25) is 0 Å². The summed E-state index contributed by atoms with van der Waals surface area (Å²) in [4.78, 5) is 11.9. The SMILES string of the molecule is COc1cc2[nH]ncc2cc1Nc1ncnc2[nH]c(CCCO)cc12. The Kier molecular flexibility index (Phi) is 3.95. The molecule has 0 radical (unpaired) electrons. The predicted molar refractivity (Wildman–Crippen MR) is 95.2 cm³/mol. The van der Waals surface area contributed by atoms with Gasteiger partial charge >= 0.3 is 0 Å². The lowest BCUT2D eigenvalue weighted by Crippen LogP contribution is -1.98. The van der Waals surface area contributed by atoms with E-state index in [1.165, 1.54) is 6.33 Å². The first-order valence-electron chi connectivity index (χ1n) is 8.00. The number of aryl methyl sites for hydroxylation is 1. The third-order valence-electron chi connectivity index (χ3n) is 4.10. The fourth-order valence-corrected chi connectivity index (χ4v) is 2.86. The van der Waals surface area contributed by atoms with Gasteiger partial charge < -0.3 is 20.1 Å². The fourth-order valence-electron chi connectivity index (χ4n) is 2.86. The van der Waals surface area contributed by atoms with Crippen LogP contribution in [0.1, 0.15) is 12.1 Å². The van der Waals surface area contributed by atoms with Crippen molar-refractivity contribution in [1.29, 1.82) is 0 Å². The van der Waals surface area contributed by atoms with Crippen LogP contribution in [0.15, 0.2) is 30.7 Å². The monoisotopic (exact) mass is 338 g/mol. The quantitative estimate of drug-likeness (QED) is 0.430. The summed E-state index contributed by atoms with van der Waals surface area (Å²) in [5, 5.41) is 21.2. The highest BCUT2D eigenvalue weighted by Crippen LogP contribution is 2.33. The smallest absolute Gasteiger partial charge is 0.144 e. The van der Waals surface area contributed by atoms with Crippen molar-refractivity contribution in [3.63, 3.8) is 0 Å². The van der Waals surface area contributed by atoms with E-state index in [9.17, 15) is 0 Å². The lowest BCUT2D eigenvalue weighted by Gasteiger charge is -2.11. The van der Waals surface area contributed by atoms with E-state index in [-0.39, 0.29) is 6.61 Å². The second kappa shape index (κ2) is 6.40. The molecule has 3 aromatic heterocycles. The standard InChI is InChI=1S/C17H18N6O2/c1-25-15-7-13-10(8-20-23-13)5-14(15)22-17-12-6-11(3-2-4-24)21-16(12)18-9-19-17/h5-9,24H,2-4H2,1H3,(H,20,23)(H2,18,19,21,22). The zero-order valence-corrected chi connectivity index (χ0v) is 13.7. The van der Waals surface area contributed by atoms with E-state index >= 15 is 0 Å². The number of nitrogens with one attached hydrogen (secondary N) is 3. The van der Waals surface area contributed by atoms with Crippen LogP contribution in [0.4, 0.5) is 11.5 Å². The average molecular weight is 338 g/mol. The molecule has 4 rings (SSSR count). The number of ether oxygens (including phenoxy) is 1. The molecule has 4 aromatic rings. The largest absolute Gasteiger partial charge is 0.494 e. The van der Waals surface area contributed by atoms with Gasteiger partial charge in [-0.2, -0.15) is 5.10 Å². The van der Waals surface area contributed by atoms with Gasteiger partial charge in [0.05, 0.1) is 29.9 Å². The van der Waals surface area contributed by atoms with Gasteiger partial charge in [-0.25, -0.2) is 9.97 Å². The molecule has 0 saturated heterocycles. The van der Waals surface area contributed by atoms with Gasteiger partial charge in [-0.05, 0) is 25.0 Å². The lowest BCUT2D eigenvalue weighted by molar-refractivity contribution is 0.288. The number of H-pyrrole nitrogens is 2. The number of aromatic nitrogens is 5. The van der Waals surface area contributed by atoms with Crippen LogP contribution in [-0.2, 0) is 6.42 Å². The van der Waals surface area contributed by atoms with Crippen LogP contribution < -0.4 is 10.1 Å². The van der Waals surface area contributed by atoms with E-state index in [0.29, 0.717) is 18.0 Å². The Bertz CT molecular complexity index is 1020. The third kappa shape index (κ3) is 2.87. The number of rotatable bonds is 6. The van der Waals surface area contributed by atoms with Gasteiger partial charge in [-0.1, -0.05) is 0 Å². The minimum Gasteiger partial charge on any atom is -0.494 e. The highest BCUT2D eigenvalue weighted by Gasteiger charge is 2.12. The molecule has 25 heavy (non-hydrogen) atoms. The van der Waals surface area contributed by atoms with Crippen LogP contribution in [0.5, 0.6) is 5.75 Å². The second-order valence-corrected chi connectivity index (χ2v) is 5.74. The third-order valence-corrected chi connectivity index (χ3v) is 4.10. The molecule has 0 saturated carbocycles. The number of nitrogens with zero attached hydrogens (tertiary/aromatic N) is 3. The average Bonchev–Trinajstić information content (AvgIpc) is 3.25. The van der Waals surface area contributed by atoms with Crippen molar-refractivity contribution < 1.29 is 9.84 Å². The molecule has 0 fully saturated rings. The van der Waals surface area contributed by atoms with E-state index in [0.717, 1.165) is 39.7 Å². The van der Waals surface area contributed by atoms with Crippen LogP contribution in [0.2, 0.25) is 0 Å². The molecule has 8 nitrogen and oxygen atoms in total. The Morgan fingerprint density at radius 2 is 2.16 bits per heavy atom. The Labute approximate surface area is 143 Å². The van der Waals surface area contributed by atoms with E-state index < -0.39 is 0 Å². The summed E-state index contributed by atoms with van der Waals surface area (Å²) < 4.78 is 5.48. The number of aromatic amines is 2. The predicted octanol–water partition coefficient (Wildman–Crippen LogP) is 2.51. The summed E-state index contributed by atoms with van der Waals surface area (Å²) in [6.45, 7) is 0.161. The number of fused-ring (bicyclic) bond motifs is 2. The van der Waals surface area contributed by atoms with Gasteiger partial charge in [0.25, 0.3) is 0 Å². The minimum absolute atomic E-state index is 0.161. The van der Waals surface area contributed by atoms with Crippen molar-refractivity contribution in [3.8, 4) is 5.75 Å². The number of anilines is 2. The van der Waals surface area contributed by atoms with Crippen molar-refractivity contribution in [2.24, 2.45) is 0 Å². The summed E-state index contributed by atoms with van der Waals surface area (Å²) in [7, 11) is 1.63. The first-order chi connectivity index (χ1) is 12.3. The van der Waals surface area contributed by atoms with E-state index in [2.05, 4.69) is 30.5 Å². The van der Waals surface area contributed by atoms with Gasteiger partial charge in [0, 0.05) is 23.8 Å². The molecule has 3 heterocycles. The van der Waals surface area contributed by atoms with Crippen LogP contribution in [0.3, 0.4) is 0 Å². The summed E-state index contributed by atoms with van der Waals surface area (Å²) in [6.07, 6.45) is 4.74. The molecule has 0 unspecified atom stereocenters. The molecule has 0 aliphatic heterocycles. The highest BCUT2D eigenvalue weighted by molar-refractivity contribution is 5.92. The number of aliphatic hydroxyl groups excluding tert-OH is 1. The van der Waals surface area contributed by atoms with E-state index in [1.54, 1.807) is 13.3 Å². The van der Waals surface area contributed by atoms with Gasteiger partial charge in [0.1, 0.15) is 23.5 Å². The molecule has 0 aliphatic rings. The van der Waals surface area contributed by atoms with Crippen LogP contribution in [-0.4, -0.2) is 44.0 Å². The number of hydrogen-bond donors (Lipinski definition) is 4. The number of aliphatic hydroxyl groups is 1.